The summed E-state index contributed by atoms with van der Waals surface area (Å²) in [5, 5.41) is 12.6. The first-order chi connectivity index (χ1) is 18.4. The van der Waals surface area contributed by atoms with Gasteiger partial charge in [0, 0.05) is 30.7 Å². The fourth-order valence-electron chi connectivity index (χ4n) is 3.96. The summed E-state index contributed by atoms with van der Waals surface area (Å²) >= 11 is 0. The van der Waals surface area contributed by atoms with E-state index in [1.54, 1.807) is 0 Å². The zero-order chi connectivity index (χ0) is 29.0. The van der Waals surface area contributed by atoms with Crippen molar-refractivity contribution in [2.45, 2.75) is 71.6 Å². The van der Waals surface area contributed by atoms with Gasteiger partial charge in [0.05, 0.1) is 19.5 Å². The molecule has 2 aromatic rings. The van der Waals surface area contributed by atoms with E-state index in [4.69, 9.17) is 4.74 Å². The Kier molecular flexibility index (Phi) is 12.6. The van der Waals surface area contributed by atoms with Crippen molar-refractivity contribution >= 4 is 11.8 Å². The van der Waals surface area contributed by atoms with Gasteiger partial charge in [-0.3, -0.25) is 18.9 Å². The van der Waals surface area contributed by atoms with E-state index in [9.17, 15) is 27.2 Å². The predicted molar refractivity (Wildman–Crippen MR) is 139 cm³/mol. The summed E-state index contributed by atoms with van der Waals surface area (Å²) in [4.78, 5) is 27.2. The van der Waals surface area contributed by atoms with E-state index in [1.165, 1.54) is 29.1 Å². The van der Waals surface area contributed by atoms with Crippen LogP contribution in [0.15, 0.2) is 24.4 Å². The van der Waals surface area contributed by atoms with Crippen molar-refractivity contribution in [3.63, 3.8) is 0 Å². The van der Waals surface area contributed by atoms with Crippen molar-refractivity contribution in [3.05, 3.63) is 35.7 Å². The van der Waals surface area contributed by atoms with Gasteiger partial charge in [0.15, 0.2) is 5.69 Å². The summed E-state index contributed by atoms with van der Waals surface area (Å²) in [5.41, 5.74) is 0.386. The normalized spacial score (nSPS) is 11.9. The van der Waals surface area contributed by atoms with Gasteiger partial charge in [0.2, 0.25) is 0 Å². The number of carbonyl (C=O) groups excluding carboxylic acids is 2. The number of ether oxygens (including phenoxy) is 1. The standard InChI is InChI=1S/C26H38F4N6O3/c1-18(2)35(19(3)4)13-12-31-25(38)21-16-36(34-33-21)22-10-9-20(24(37)32-17-26(28,29)30)15-23(22)39-14-8-6-5-7-11-27/h9-10,15-16,18-19H,5-8,11-14,17H2,1-4H3,(H,31,38)(H,32,37). The smallest absolute Gasteiger partial charge is 0.405 e. The van der Waals surface area contributed by atoms with Gasteiger partial charge < -0.3 is 15.4 Å². The highest BCUT2D eigenvalue weighted by molar-refractivity contribution is 5.95. The number of benzene rings is 1. The monoisotopic (exact) mass is 558 g/mol. The topological polar surface area (TPSA) is 101 Å². The maximum Gasteiger partial charge on any atom is 0.405 e. The van der Waals surface area contributed by atoms with Crippen molar-refractivity contribution in [1.29, 1.82) is 0 Å². The van der Waals surface area contributed by atoms with Crippen molar-refractivity contribution in [3.8, 4) is 11.4 Å². The SMILES string of the molecule is CC(C)N(CCNC(=O)c1cn(-c2ccc(C(=O)NCC(F)(F)F)cc2OCCCCCCF)nn1)C(C)C. The molecule has 0 saturated carbocycles. The molecule has 0 aliphatic rings. The third-order valence-corrected chi connectivity index (χ3v) is 5.91. The predicted octanol–water partition coefficient (Wildman–Crippen LogP) is 4.32. The van der Waals surface area contributed by atoms with Crippen LogP contribution in [-0.2, 0) is 0 Å². The van der Waals surface area contributed by atoms with E-state index in [0.29, 0.717) is 50.1 Å². The molecule has 2 rings (SSSR count). The number of nitrogens with one attached hydrogen (secondary N) is 2. The average Bonchev–Trinajstić information content (AvgIpc) is 3.36. The van der Waals surface area contributed by atoms with Crippen LogP contribution in [0.5, 0.6) is 5.75 Å². The van der Waals surface area contributed by atoms with Gasteiger partial charge in [0.25, 0.3) is 11.8 Å². The molecule has 9 nitrogen and oxygen atoms in total. The minimum Gasteiger partial charge on any atom is -0.491 e. The van der Waals surface area contributed by atoms with Crippen LogP contribution >= 0.6 is 0 Å². The lowest BCUT2D eigenvalue weighted by atomic mass is 10.1. The molecule has 2 N–H and O–H groups in total. The molecule has 0 radical (unpaired) electrons. The van der Waals surface area contributed by atoms with Gasteiger partial charge >= 0.3 is 6.18 Å². The van der Waals surface area contributed by atoms with Crippen LogP contribution in [0.25, 0.3) is 5.69 Å². The molecule has 0 unspecified atom stereocenters. The number of halogens is 4. The summed E-state index contributed by atoms with van der Waals surface area (Å²) < 4.78 is 57.0. The first-order valence-electron chi connectivity index (χ1n) is 13.1. The Labute approximate surface area is 226 Å². The van der Waals surface area contributed by atoms with Crippen LogP contribution in [0, 0.1) is 0 Å². The number of rotatable bonds is 16. The number of unbranched alkanes of at least 4 members (excludes halogenated alkanes) is 3. The van der Waals surface area contributed by atoms with Gasteiger partial charge in [-0.25, -0.2) is 4.68 Å². The van der Waals surface area contributed by atoms with E-state index >= 15 is 0 Å². The molecule has 0 saturated heterocycles. The number of nitrogens with zero attached hydrogens (tertiary/aromatic N) is 4. The Bertz CT molecular complexity index is 1050. The molecule has 0 spiro atoms. The maximum absolute atomic E-state index is 12.6. The molecular formula is C26H38F4N6O3. The molecule has 0 atom stereocenters. The van der Waals surface area contributed by atoms with Crippen molar-refractivity contribution in [1.82, 2.24) is 30.5 Å². The van der Waals surface area contributed by atoms with Crippen LogP contribution in [0.3, 0.4) is 0 Å². The number of hydrogen-bond donors (Lipinski definition) is 2. The maximum atomic E-state index is 12.6. The molecule has 13 heteroatoms. The van der Waals surface area contributed by atoms with Gasteiger partial charge in [-0.1, -0.05) is 11.6 Å². The quantitative estimate of drug-likeness (QED) is 0.235. The van der Waals surface area contributed by atoms with Crippen molar-refractivity contribution in [2.24, 2.45) is 0 Å². The third kappa shape index (κ3) is 10.8. The lowest BCUT2D eigenvalue weighted by Gasteiger charge is -2.30. The molecule has 0 aliphatic carbocycles. The highest BCUT2D eigenvalue weighted by atomic mass is 19.4. The van der Waals surface area contributed by atoms with Gasteiger partial charge in [-0.15, -0.1) is 5.10 Å². The summed E-state index contributed by atoms with van der Waals surface area (Å²) in [6.07, 6.45) is -0.654. The molecule has 1 aromatic carbocycles. The highest BCUT2D eigenvalue weighted by Gasteiger charge is 2.28. The van der Waals surface area contributed by atoms with E-state index in [-0.39, 0.29) is 23.6 Å². The van der Waals surface area contributed by atoms with Crippen molar-refractivity contribution < 1.29 is 31.9 Å². The molecule has 39 heavy (non-hydrogen) atoms. The number of hydrogen-bond acceptors (Lipinski definition) is 6. The largest absolute Gasteiger partial charge is 0.491 e. The minimum absolute atomic E-state index is 0.0339. The van der Waals surface area contributed by atoms with Crippen LogP contribution in [0.1, 0.15) is 74.2 Å². The average molecular weight is 559 g/mol. The molecule has 1 aromatic heterocycles. The van der Waals surface area contributed by atoms with Gasteiger partial charge in [-0.2, -0.15) is 13.2 Å². The lowest BCUT2D eigenvalue weighted by Crippen LogP contribution is -2.42. The second-order valence-electron chi connectivity index (χ2n) is 9.66. The lowest BCUT2D eigenvalue weighted by molar-refractivity contribution is -0.123. The molecule has 2 amide bonds. The van der Waals surface area contributed by atoms with E-state index in [2.05, 4.69) is 48.2 Å². The van der Waals surface area contributed by atoms with Crippen LogP contribution in [-0.4, -0.2) is 82.9 Å². The molecule has 218 valence electrons. The third-order valence-electron chi connectivity index (χ3n) is 5.91. The zero-order valence-corrected chi connectivity index (χ0v) is 22.9. The van der Waals surface area contributed by atoms with Crippen LogP contribution in [0.2, 0.25) is 0 Å². The molecule has 0 fully saturated rings. The number of carbonyl (C=O) groups is 2. The Morgan fingerprint density at radius 2 is 1.72 bits per heavy atom. The van der Waals surface area contributed by atoms with Gasteiger partial charge in [-0.05, 0) is 65.2 Å². The van der Waals surface area contributed by atoms with E-state index < -0.39 is 31.2 Å². The fourth-order valence-corrected chi connectivity index (χ4v) is 3.96. The molecular weight excluding hydrogens is 520 g/mol. The van der Waals surface area contributed by atoms with Crippen LogP contribution in [0.4, 0.5) is 17.6 Å². The number of aromatic nitrogens is 3. The Hall–Kier alpha value is -3.22. The summed E-state index contributed by atoms with van der Waals surface area (Å²) in [6, 6.07) is 4.76. The van der Waals surface area contributed by atoms with Crippen LogP contribution < -0.4 is 15.4 Å². The summed E-state index contributed by atoms with van der Waals surface area (Å²) in [5.74, 6) is -1.14. The Morgan fingerprint density at radius 1 is 1.03 bits per heavy atom. The number of amides is 2. The van der Waals surface area contributed by atoms with Crippen molar-refractivity contribution in [2.75, 3.05) is 32.9 Å². The minimum atomic E-state index is -4.55. The first kappa shape index (κ1) is 32.0. The Morgan fingerprint density at radius 3 is 2.36 bits per heavy atom. The molecule has 0 bridgehead atoms. The highest BCUT2D eigenvalue weighted by Crippen LogP contribution is 2.25. The first-order valence-corrected chi connectivity index (χ1v) is 13.1. The van der Waals surface area contributed by atoms with E-state index in [0.717, 1.165) is 6.42 Å². The molecule has 0 aliphatic heterocycles. The fraction of sp³-hybridized carbons (Fsp3) is 0.615. The van der Waals surface area contributed by atoms with Gasteiger partial charge in [0.1, 0.15) is 18.0 Å². The summed E-state index contributed by atoms with van der Waals surface area (Å²) in [6.45, 7) is 7.80. The second-order valence-corrected chi connectivity index (χ2v) is 9.66. The van der Waals surface area contributed by atoms with E-state index in [1.807, 2.05) is 5.32 Å². The Balaban J connectivity index is 2.15. The zero-order valence-electron chi connectivity index (χ0n) is 22.9. The number of alkyl halides is 4. The summed E-state index contributed by atoms with van der Waals surface area (Å²) in [7, 11) is 0. The second kappa shape index (κ2) is 15.4. The molecule has 1 heterocycles.